The van der Waals surface area contributed by atoms with Crippen LogP contribution in [0.2, 0.25) is 0 Å². The van der Waals surface area contributed by atoms with Gasteiger partial charge in [0.25, 0.3) is 0 Å². The largest absolute Gasteiger partial charge is 0.490 e. The van der Waals surface area contributed by atoms with Gasteiger partial charge in [0.15, 0.2) is 11.5 Å². The first kappa shape index (κ1) is 15.6. The van der Waals surface area contributed by atoms with Gasteiger partial charge >= 0.3 is 0 Å². The minimum atomic E-state index is 0.293. The van der Waals surface area contributed by atoms with Crippen LogP contribution in [0.25, 0.3) is 0 Å². The van der Waals surface area contributed by atoms with Gasteiger partial charge in [-0.3, -0.25) is 0 Å². The third-order valence-corrected chi connectivity index (χ3v) is 4.78. The van der Waals surface area contributed by atoms with Crippen LogP contribution in [0.5, 0.6) is 11.5 Å². The van der Waals surface area contributed by atoms with Gasteiger partial charge in [0.2, 0.25) is 0 Å². The van der Waals surface area contributed by atoms with Crippen molar-refractivity contribution in [2.24, 2.45) is 11.8 Å². The minimum Gasteiger partial charge on any atom is -0.490 e. The van der Waals surface area contributed by atoms with Gasteiger partial charge in [0.1, 0.15) is 0 Å². The summed E-state index contributed by atoms with van der Waals surface area (Å²) in [6.45, 7) is 8.23. The van der Waals surface area contributed by atoms with E-state index in [2.05, 4.69) is 48.1 Å². The highest BCUT2D eigenvalue weighted by Gasteiger charge is 2.24. The molecule has 2 unspecified atom stereocenters. The van der Waals surface area contributed by atoms with Crippen molar-refractivity contribution in [2.75, 3.05) is 20.3 Å². The number of rotatable bonds is 4. The second kappa shape index (κ2) is 6.81. The van der Waals surface area contributed by atoms with Crippen molar-refractivity contribution >= 4 is 15.9 Å². The first-order chi connectivity index (χ1) is 9.54. The minimum absolute atomic E-state index is 0.293. The molecule has 0 radical (unpaired) electrons. The molecule has 3 nitrogen and oxygen atoms in total. The second-order valence-electron chi connectivity index (χ2n) is 5.74. The van der Waals surface area contributed by atoms with Gasteiger partial charge in [0.05, 0.1) is 13.2 Å². The fraction of sp³-hybridized carbons (Fsp3) is 0.625. The standard InChI is InChI=1S/C16H24BrNO2/c1-10(2)11(3)16(18-4)12-8-14-15(9-13(12)17)20-7-5-6-19-14/h8-11,16,18H,5-7H2,1-4H3. The highest BCUT2D eigenvalue weighted by Crippen LogP contribution is 2.40. The summed E-state index contributed by atoms with van der Waals surface area (Å²) < 4.78 is 12.6. The normalized spacial score (nSPS) is 17.7. The molecule has 0 spiro atoms. The van der Waals surface area contributed by atoms with Gasteiger partial charge in [-0.15, -0.1) is 0 Å². The van der Waals surface area contributed by atoms with Crippen molar-refractivity contribution in [1.82, 2.24) is 5.32 Å². The first-order valence-corrected chi connectivity index (χ1v) is 8.10. The van der Waals surface area contributed by atoms with Gasteiger partial charge in [-0.1, -0.05) is 36.7 Å². The molecule has 0 amide bonds. The molecule has 0 saturated carbocycles. The molecule has 1 aliphatic heterocycles. The van der Waals surface area contributed by atoms with Gasteiger partial charge in [0, 0.05) is 16.9 Å². The van der Waals surface area contributed by atoms with Gasteiger partial charge in [-0.05, 0) is 36.6 Å². The molecule has 2 rings (SSSR count). The van der Waals surface area contributed by atoms with Crippen molar-refractivity contribution in [3.8, 4) is 11.5 Å². The van der Waals surface area contributed by atoms with Crippen molar-refractivity contribution in [1.29, 1.82) is 0 Å². The van der Waals surface area contributed by atoms with Gasteiger partial charge in [-0.2, -0.15) is 0 Å². The maximum absolute atomic E-state index is 5.81. The maximum Gasteiger partial charge on any atom is 0.162 e. The molecule has 4 heteroatoms. The van der Waals surface area contributed by atoms with Crippen LogP contribution in [0.3, 0.4) is 0 Å². The average molecular weight is 342 g/mol. The number of ether oxygens (including phenoxy) is 2. The van der Waals surface area contributed by atoms with Crippen LogP contribution in [0.15, 0.2) is 16.6 Å². The van der Waals surface area contributed by atoms with E-state index >= 15 is 0 Å². The lowest BCUT2D eigenvalue weighted by molar-refractivity contribution is 0.296. The van der Waals surface area contributed by atoms with E-state index in [0.29, 0.717) is 17.9 Å². The third-order valence-electron chi connectivity index (χ3n) is 4.09. The quantitative estimate of drug-likeness (QED) is 0.891. The third kappa shape index (κ3) is 3.29. The summed E-state index contributed by atoms with van der Waals surface area (Å²) in [5.41, 5.74) is 1.23. The molecule has 0 aliphatic carbocycles. The van der Waals surface area contributed by atoms with Crippen LogP contribution in [-0.4, -0.2) is 20.3 Å². The molecule has 0 saturated heterocycles. The summed E-state index contributed by atoms with van der Waals surface area (Å²) in [4.78, 5) is 0. The van der Waals surface area contributed by atoms with Gasteiger partial charge < -0.3 is 14.8 Å². The van der Waals surface area contributed by atoms with Crippen molar-refractivity contribution in [3.05, 3.63) is 22.2 Å². The zero-order valence-corrected chi connectivity index (χ0v) is 14.3. The fourth-order valence-corrected chi connectivity index (χ4v) is 3.09. The summed E-state index contributed by atoms with van der Waals surface area (Å²) in [7, 11) is 2.01. The highest BCUT2D eigenvalue weighted by molar-refractivity contribution is 9.10. The average Bonchev–Trinajstić information content (AvgIpc) is 2.64. The number of nitrogens with one attached hydrogen (secondary N) is 1. The summed E-state index contributed by atoms with van der Waals surface area (Å²) in [6.07, 6.45) is 0.930. The monoisotopic (exact) mass is 341 g/mol. The van der Waals surface area contributed by atoms with Crippen LogP contribution >= 0.6 is 15.9 Å². The zero-order chi connectivity index (χ0) is 14.7. The molecule has 0 aromatic heterocycles. The Kier molecular flexibility index (Phi) is 5.33. The highest BCUT2D eigenvalue weighted by atomic mass is 79.9. The van der Waals surface area contributed by atoms with E-state index in [1.54, 1.807) is 0 Å². The first-order valence-electron chi connectivity index (χ1n) is 7.31. The van der Waals surface area contributed by atoms with Crippen LogP contribution < -0.4 is 14.8 Å². The molecular weight excluding hydrogens is 318 g/mol. The van der Waals surface area contributed by atoms with E-state index < -0.39 is 0 Å². The van der Waals surface area contributed by atoms with Crippen LogP contribution in [0.4, 0.5) is 0 Å². The van der Waals surface area contributed by atoms with E-state index in [9.17, 15) is 0 Å². The molecular formula is C16H24BrNO2. The summed E-state index contributed by atoms with van der Waals surface area (Å²) >= 11 is 3.68. The molecule has 1 aromatic rings. The molecule has 0 bridgehead atoms. The molecule has 0 fully saturated rings. The fourth-order valence-electron chi connectivity index (χ4n) is 2.52. The Labute approximate surface area is 130 Å². The Balaban J connectivity index is 2.37. The predicted molar refractivity (Wildman–Crippen MR) is 85.6 cm³/mol. The lowest BCUT2D eigenvalue weighted by Gasteiger charge is -2.28. The summed E-state index contributed by atoms with van der Waals surface area (Å²) in [5, 5.41) is 3.44. The van der Waals surface area contributed by atoms with Crippen LogP contribution in [0, 0.1) is 11.8 Å². The lowest BCUT2D eigenvalue weighted by Crippen LogP contribution is -2.27. The molecule has 2 atom stereocenters. The number of hydrogen-bond acceptors (Lipinski definition) is 3. The van der Waals surface area contributed by atoms with Crippen LogP contribution in [-0.2, 0) is 0 Å². The Morgan fingerprint density at radius 3 is 2.25 bits per heavy atom. The van der Waals surface area contributed by atoms with E-state index in [4.69, 9.17) is 9.47 Å². The Bertz CT molecular complexity index is 462. The molecule has 112 valence electrons. The second-order valence-corrected chi connectivity index (χ2v) is 6.59. The number of benzene rings is 1. The lowest BCUT2D eigenvalue weighted by atomic mass is 9.86. The topological polar surface area (TPSA) is 30.5 Å². The summed E-state index contributed by atoms with van der Waals surface area (Å²) in [5.74, 6) is 2.83. The molecule has 1 aromatic carbocycles. The van der Waals surface area contributed by atoms with Crippen molar-refractivity contribution < 1.29 is 9.47 Å². The Morgan fingerprint density at radius 2 is 1.70 bits per heavy atom. The zero-order valence-electron chi connectivity index (χ0n) is 12.7. The van der Waals surface area contributed by atoms with Crippen molar-refractivity contribution in [3.63, 3.8) is 0 Å². The molecule has 20 heavy (non-hydrogen) atoms. The number of hydrogen-bond donors (Lipinski definition) is 1. The van der Waals surface area contributed by atoms with E-state index in [0.717, 1.165) is 35.6 Å². The molecule has 1 N–H and O–H groups in total. The molecule has 1 heterocycles. The molecule has 1 aliphatic rings. The SMILES string of the molecule is CNC(c1cc2c(cc1Br)OCCCO2)C(C)C(C)C. The number of fused-ring (bicyclic) bond motifs is 1. The van der Waals surface area contributed by atoms with Crippen molar-refractivity contribution in [2.45, 2.75) is 33.2 Å². The summed E-state index contributed by atoms with van der Waals surface area (Å²) in [6, 6.07) is 4.44. The van der Waals surface area contributed by atoms with E-state index in [-0.39, 0.29) is 0 Å². The maximum atomic E-state index is 5.81. The smallest absolute Gasteiger partial charge is 0.162 e. The Hall–Kier alpha value is -0.740. The van der Waals surface area contributed by atoms with Crippen LogP contribution in [0.1, 0.15) is 38.8 Å². The van der Waals surface area contributed by atoms with Gasteiger partial charge in [-0.25, -0.2) is 0 Å². The number of halogens is 1. The van der Waals surface area contributed by atoms with E-state index in [1.807, 2.05) is 13.1 Å². The van der Waals surface area contributed by atoms with E-state index in [1.165, 1.54) is 5.56 Å². The Morgan fingerprint density at radius 1 is 1.10 bits per heavy atom. The predicted octanol–water partition coefficient (Wildman–Crippen LogP) is 4.16.